The van der Waals surface area contributed by atoms with Gasteiger partial charge in [-0.05, 0) is 36.5 Å². The van der Waals surface area contributed by atoms with Crippen molar-refractivity contribution in [3.63, 3.8) is 0 Å². The van der Waals surface area contributed by atoms with Crippen molar-refractivity contribution in [1.82, 2.24) is 4.72 Å². The zero-order chi connectivity index (χ0) is 14.0. The van der Waals surface area contributed by atoms with Crippen molar-refractivity contribution in [3.05, 3.63) is 29.8 Å². The second-order valence-electron chi connectivity index (χ2n) is 5.13. The van der Waals surface area contributed by atoms with Crippen LogP contribution in [0, 0.1) is 5.92 Å². The molecule has 1 aromatic carbocycles. The third-order valence-electron chi connectivity index (χ3n) is 3.69. The SMILES string of the molecule is CCC(O)c1cccc(S(=O)(=O)NC2CC2CC)c1. The van der Waals surface area contributed by atoms with E-state index in [2.05, 4.69) is 11.6 Å². The normalized spacial score (nSPS) is 24.2. The van der Waals surface area contributed by atoms with Gasteiger partial charge in [-0.25, -0.2) is 13.1 Å². The molecule has 1 aromatic rings. The molecule has 0 aliphatic heterocycles. The third-order valence-corrected chi connectivity index (χ3v) is 5.18. The van der Waals surface area contributed by atoms with Crippen molar-refractivity contribution in [2.24, 2.45) is 5.92 Å². The van der Waals surface area contributed by atoms with Crippen LogP contribution in [0.5, 0.6) is 0 Å². The maximum Gasteiger partial charge on any atom is 0.240 e. The van der Waals surface area contributed by atoms with Gasteiger partial charge in [-0.15, -0.1) is 0 Å². The number of nitrogens with one attached hydrogen (secondary N) is 1. The molecule has 0 heterocycles. The Balaban J connectivity index is 2.16. The van der Waals surface area contributed by atoms with Crippen molar-refractivity contribution in [2.45, 2.75) is 50.2 Å². The molecule has 3 atom stereocenters. The fourth-order valence-corrected chi connectivity index (χ4v) is 3.61. The number of aliphatic hydroxyl groups excluding tert-OH is 1. The lowest BCUT2D eigenvalue weighted by atomic mass is 10.1. The largest absolute Gasteiger partial charge is 0.388 e. The molecule has 5 heteroatoms. The Morgan fingerprint density at radius 2 is 2.16 bits per heavy atom. The van der Waals surface area contributed by atoms with E-state index in [1.807, 2.05) is 6.92 Å². The van der Waals surface area contributed by atoms with Crippen molar-refractivity contribution in [3.8, 4) is 0 Å². The Bertz CT molecular complexity index is 541. The van der Waals surface area contributed by atoms with Gasteiger partial charge in [0.15, 0.2) is 0 Å². The van der Waals surface area contributed by atoms with Gasteiger partial charge in [-0.3, -0.25) is 0 Å². The van der Waals surface area contributed by atoms with Gasteiger partial charge in [0.25, 0.3) is 0 Å². The topological polar surface area (TPSA) is 66.4 Å². The minimum Gasteiger partial charge on any atom is -0.388 e. The van der Waals surface area contributed by atoms with Crippen molar-refractivity contribution < 1.29 is 13.5 Å². The zero-order valence-corrected chi connectivity index (χ0v) is 12.2. The first-order valence-corrected chi connectivity index (χ1v) is 8.26. The average Bonchev–Trinajstić information content (AvgIpc) is 3.15. The Morgan fingerprint density at radius 3 is 2.74 bits per heavy atom. The van der Waals surface area contributed by atoms with E-state index >= 15 is 0 Å². The standard InChI is InChI=1S/C14H21NO3S/c1-3-10-9-13(10)15-19(17,18)12-7-5-6-11(8-12)14(16)4-2/h5-8,10,13-16H,3-4,9H2,1-2H3. The predicted molar refractivity (Wildman–Crippen MR) is 74.2 cm³/mol. The molecule has 0 spiro atoms. The molecule has 19 heavy (non-hydrogen) atoms. The van der Waals surface area contributed by atoms with Gasteiger partial charge in [0.2, 0.25) is 10.0 Å². The molecule has 3 unspecified atom stereocenters. The average molecular weight is 283 g/mol. The van der Waals surface area contributed by atoms with Crippen LogP contribution in [0.15, 0.2) is 29.2 Å². The highest BCUT2D eigenvalue weighted by molar-refractivity contribution is 7.89. The number of hydrogen-bond acceptors (Lipinski definition) is 3. The van der Waals surface area contributed by atoms with Gasteiger partial charge in [-0.1, -0.05) is 32.4 Å². The summed E-state index contributed by atoms with van der Waals surface area (Å²) >= 11 is 0. The van der Waals surface area contributed by atoms with Crippen LogP contribution in [0.25, 0.3) is 0 Å². The van der Waals surface area contributed by atoms with Gasteiger partial charge >= 0.3 is 0 Å². The van der Waals surface area contributed by atoms with Crippen LogP contribution in [0.3, 0.4) is 0 Å². The Hall–Kier alpha value is -0.910. The molecule has 1 saturated carbocycles. The first-order valence-electron chi connectivity index (χ1n) is 6.78. The highest BCUT2D eigenvalue weighted by Crippen LogP contribution is 2.34. The maximum absolute atomic E-state index is 12.2. The van der Waals surface area contributed by atoms with Gasteiger partial charge in [0.1, 0.15) is 0 Å². The van der Waals surface area contributed by atoms with Crippen LogP contribution in [-0.2, 0) is 10.0 Å². The first-order chi connectivity index (χ1) is 8.97. The molecule has 106 valence electrons. The number of aliphatic hydroxyl groups is 1. The summed E-state index contributed by atoms with van der Waals surface area (Å²) in [5.74, 6) is 0.471. The molecule has 0 radical (unpaired) electrons. The molecule has 2 rings (SSSR count). The minimum atomic E-state index is -3.47. The molecular formula is C14H21NO3S. The molecule has 1 fully saturated rings. The van der Waals surface area contributed by atoms with E-state index in [0.29, 0.717) is 17.9 Å². The lowest BCUT2D eigenvalue weighted by molar-refractivity contribution is 0.173. The molecule has 1 aliphatic carbocycles. The summed E-state index contributed by atoms with van der Waals surface area (Å²) in [6.07, 6.45) is 1.88. The lowest BCUT2D eigenvalue weighted by Gasteiger charge is -2.11. The highest BCUT2D eigenvalue weighted by Gasteiger charge is 2.38. The Morgan fingerprint density at radius 1 is 1.42 bits per heavy atom. The van der Waals surface area contributed by atoms with Gasteiger partial charge in [-0.2, -0.15) is 0 Å². The summed E-state index contributed by atoms with van der Waals surface area (Å²) in [4.78, 5) is 0.235. The number of rotatable bonds is 6. The number of hydrogen-bond donors (Lipinski definition) is 2. The van der Waals surface area contributed by atoms with Crippen LogP contribution in [-0.4, -0.2) is 19.6 Å². The maximum atomic E-state index is 12.2. The van der Waals surface area contributed by atoms with Crippen molar-refractivity contribution >= 4 is 10.0 Å². The molecule has 0 amide bonds. The van der Waals surface area contributed by atoms with Crippen LogP contribution in [0.4, 0.5) is 0 Å². The fourth-order valence-electron chi connectivity index (χ4n) is 2.24. The van der Waals surface area contributed by atoms with Gasteiger partial charge < -0.3 is 5.11 Å². The number of sulfonamides is 1. The summed E-state index contributed by atoms with van der Waals surface area (Å²) < 4.78 is 27.2. The summed E-state index contributed by atoms with van der Waals surface area (Å²) in [7, 11) is -3.47. The molecule has 2 N–H and O–H groups in total. The van der Waals surface area contributed by atoms with E-state index in [1.54, 1.807) is 24.3 Å². The summed E-state index contributed by atoms with van der Waals surface area (Å²) in [5, 5.41) is 9.78. The van der Waals surface area contributed by atoms with Crippen LogP contribution >= 0.6 is 0 Å². The van der Waals surface area contributed by atoms with Crippen LogP contribution in [0.1, 0.15) is 44.8 Å². The predicted octanol–water partition coefficient (Wildman–Crippen LogP) is 2.21. The van der Waals surface area contributed by atoms with Crippen molar-refractivity contribution in [1.29, 1.82) is 0 Å². The lowest BCUT2D eigenvalue weighted by Crippen LogP contribution is -2.27. The van der Waals surface area contributed by atoms with E-state index < -0.39 is 16.1 Å². The molecule has 0 saturated heterocycles. The Kier molecular flexibility index (Phi) is 4.28. The Labute approximate surface area is 114 Å². The quantitative estimate of drug-likeness (QED) is 0.841. The fraction of sp³-hybridized carbons (Fsp3) is 0.571. The highest BCUT2D eigenvalue weighted by atomic mass is 32.2. The molecule has 0 aromatic heterocycles. The van der Waals surface area contributed by atoms with Gasteiger partial charge in [0, 0.05) is 6.04 Å². The van der Waals surface area contributed by atoms with E-state index in [1.165, 1.54) is 0 Å². The van der Waals surface area contributed by atoms with Crippen molar-refractivity contribution in [2.75, 3.05) is 0 Å². The number of benzene rings is 1. The van der Waals surface area contributed by atoms with E-state index in [9.17, 15) is 13.5 Å². The molecule has 4 nitrogen and oxygen atoms in total. The van der Waals surface area contributed by atoms with E-state index in [4.69, 9.17) is 0 Å². The second kappa shape index (κ2) is 5.61. The molecular weight excluding hydrogens is 262 g/mol. The third kappa shape index (κ3) is 3.35. The van der Waals surface area contributed by atoms with E-state index in [-0.39, 0.29) is 10.9 Å². The van der Waals surface area contributed by atoms with Crippen LogP contribution < -0.4 is 4.72 Å². The second-order valence-corrected chi connectivity index (χ2v) is 6.84. The summed E-state index contributed by atoms with van der Waals surface area (Å²) in [6, 6.07) is 6.62. The first kappa shape index (κ1) is 14.5. The van der Waals surface area contributed by atoms with Crippen LogP contribution in [0.2, 0.25) is 0 Å². The molecule has 0 bridgehead atoms. The van der Waals surface area contributed by atoms with E-state index in [0.717, 1.165) is 12.8 Å². The van der Waals surface area contributed by atoms with Gasteiger partial charge in [0.05, 0.1) is 11.0 Å². The summed E-state index contributed by atoms with van der Waals surface area (Å²) in [5.41, 5.74) is 0.646. The smallest absolute Gasteiger partial charge is 0.240 e. The zero-order valence-electron chi connectivity index (χ0n) is 11.3. The summed E-state index contributed by atoms with van der Waals surface area (Å²) in [6.45, 7) is 3.93. The monoisotopic (exact) mass is 283 g/mol. The molecule has 1 aliphatic rings. The minimum absolute atomic E-state index is 0.0785.